The first-order chi connectivity index (χ1) is 15.8. The van der Waals surface area contributed by atoms with Gasteiger partial charge >= 0.3 is 0 Å². The zero-order valence-corrected chi connectivity index (χ0v) is 19.6. The van der Waals surface area contributed by atoms with Gasteiger partial charge in [-0.25, -0.2) is 4.98 Å². The number of aromatic amines is 1. The van der Waals surface area contributed by atoms with Gasteiger partial charge in [-0.1, -0.05) is 24.3 Å². The number of hydrogen-bond donors (Lipinski definition) is 1. The number of aryl methyl sites for hydroxylation is 3. The van der Waals surface area contributed by atoms with Crippen molar-refractivity contribution in [2.24, 2.45) is 0 Å². The standard InChI is InChI=1S/C26H22N4O2S/c1-15-9-10-21(11-16(15)2)30(18(4)31)26-29-20(14-33-26)12-19(13-27)25(32)24-17(3)28-23-8-6-5-7-22(23)24/h5-12,14,28H,1-4H3/b19-12+. The Hall–Kier alpha value is -4.02. The van der Waals surface area contributed by atoms with Crippen LogP contribution in [0.15, 0.2) is 53.4 Å². The van der Waals surface area contributed by atoms with Gasteiger partial charge in [0, 0.05) is 28.9 Å². The molecule has 0 saturated heterocycles. The van der Waals surface area contributed by atoms with Crippen molar-refractivity contribution < 1.29 is 9.59 Å². The monoisotopic (exact) mass is 454 g/mol. The Morgan fingerprint density at radius 1 is 1.12 bits per heavy atom. The molecule has 4 aromatic rings. The van der Waals surface area contributed by atoms with Gasteiger partial charge in [0.1, 0.15) is 11.6 Å². The summed E-state index contributed by atoms with van der Waals surface area (Å²) in [7, 11) is 0. The fraction of sp³-hybridized carbons (Fsp3) is 0.154. The van der Waals surface area contributed by atoms with Crippen LogP contribution in [0.4, 0.5) is 10.8 Å². The Kier molecular flexibility index (Phi) is 5.95. The number of fused-ring (bicyclic) bond motifs is 1. The maximum absolute atomic E-state index is 13.2. The first kappa shape index (κ1) is 22.2. The first-order valence-corrected chi connectivity index (χ1v) is 11.3. The van der Waals surface area contributed by atoms with E-state index in [-0.39, 0.29) is 17.3 Å². The van der Waals surface area contributed by atoms with Gasteiger partial charge in [-0.2, -0.15) is 5.26 Å². The summed E-state index contributed by atoms with van der Waals surface area (Å²) in [5.74, 6) is -0.534. The largest absolute Gasteiger partial charge is 0.358 e. The molecule has 0 bridgehead atoms. The van der Waals surface area contributed by atoms with Crippen LogP contribution in [-0.2, 0) is 4.79 Å². The molecule has 2 heterocycles. The number of H-pyrrole nitrogens is 1. The fourth-order valence-electron chi connectivity index (χ4n) is 3.74. The van der Waals surface area contributed by atoms with Crippen molar-refractivity contribution in [3.05, 3.63) is 81.5 Å². The van der Waals surface area contributed by atoms with Gasteiger partial charge in [0.05, 0.1) is 16.9 Å². The van der Waals surface area contributed by atoms with Gasteiger partial charge in [-0.3, -0.25) is 14.5 Å². The molecule has 1 N–H and O–H groups in total. The molecule has 6 nitrogen and oxygen atoms in total. The van der Waals surface area contributed by atoms with Crippen LogP contribution < -0.4 is 4.90 Å². The summed E-state index contributed by atoms with van der Waals surface area (Å²) < 4.78 is 0. The van der Waals surface area contributed by atoms with Crippen molar-refractivity contribution in [2.75, 3.05) is 4.90 Å². The quantitative estimate of drug-likeness (QED) is 0.227. The molecule has 2 aromatic carbocycles. The van der Waals surface area contributed by atoms with Gasteiger partial charge in [0.2, 0.25) is 11.7 Å². The van der Waals surface area contributed by atoms with Crippen LogP contribution >= 0.6 is 11.3 Å². The van der Waals surface area contributed by atoms with Crippen molar-refractivity contribution in [2.45, 2.75) is 27.7 Å². The van der Waals surface area contributed by atoms with E-state index in [4.69, 9.17) is 0 Å². The number of amides is 1. The number of rotatable bonds is 5. The number of aromatic nitrogens is 2. The minimum Gasteiger partial charge on any atom is -0.358 e. The molecule has 0 aliphatic heterocycles. The Morgan fingerprint density at radius 3 is 2.58 bits per heavy atom. The maximum Gasteiger partial charge on any atom is 0.230 e. The third kappa shape index (κ3) is 4.21. The molecule has 0 aliphatic carbocycles. The summed E-state index contributed by atoms with van der Waals surface area (Å²) in [6, 6.07) is 15.3. The summed E-state index contributed by atoms with van der Waals surface area (Å²) in [6.07, 6.45) is 1.47. The Bertz CT molecular complexity index is 1470. The Morgan fingerprint density at radius 2 is 1.88 bits per heavy atom. The zero-order valence-electron chi connectivity index (χ0n) is 18.8. The molecule has 33 heavy (non-hydrogen) atoms. The normalized spacial score (nSPS) is 11.4. The van der Waals surface area contributed by atoms with Crippen LogP contribution in [0.1, 0.15) is 39.8 Å². The predicted octanol–water partition coefficient (Wildman–Crippen LogP) is 6.02. The van der Waals surface area contributed by atoms with Crippen LogP contribution in [-0.4, -0.2) is 21.7 Å². The van der Waals surface area contributed by atoms with E-state index in [1.807, 2.05) is 69.3 Å². The number of allylic oxidation sites excluding steroid dienone is 1. The molecule has 2 aromatic heterocycles. The summed E-state index contributed by atoms with van der Waals surface area (Å²) in [6.45, 7) is 7.30. The first-order valence-electron chi connectivity index (χ1n) is 10.4. The minimum atomic E-state index is -0.361. The summed E-state index contributed by atoms with van der Waals surface area (Å²) in [5.41, 5.74) is 5.40. The molecule has 0 saturated carbocycles. The molecule has 1 amide bonds. The average Bonchev–Trinajstić information content (AvgIpc) is 3.37. The van der Waals surface area contributed by atoms with Crippen molar-refractivity contribution in [1.82, 2.24) is 9.97 Å². The lowest BCUT2D eigenvalue weighted by Crippen LogP contribution is -2.22. The van der Waals surface area contributed by atoms with E-state index in [2.05, 4.69) is 9.97 Å². The van der Waals surface area contributed by atoms with Gasteiger partial charge in [-0.05, 0) is 56.2 Å². The zero-order chi connectivity index (χ0) is 23.7. The highest BCUT2D eigenvalue weighted by atomic mass is 32.1. The van der Waals surface area contributed by atoms with Crippen LogP contribution in [0.3, 0.4) is 0 Å². The lowest BCUT2D eigenvalue weighted by Gasteiger charge is -2.19. The van der Waals surface area contributed by atoms with Crippen molar-refractivity contribution in [1.29, 1.82) is 5.26 Å². The number of nitrogens with zero attached hydrogens (tertiary/aromatic N) is 3. The van der Waals surface area contributed by atoms with Crippen molar-refractivity contribution in [3.63, 3.8) is 0 Å². The molecular formula is C26H22N4O2S. The Labute approximate surface area is 195 Å². The number of ketones is 1. The van der Waals surface area contributed by atoms with E-state index >= 15 is 0 Å². The van der Waals surface area contributed by atoms with Gasteiger partial charge in [0.15, 0.2) is 5.13 Å². The molecular weight excluding hydrogens is 432 g/mol. The van der Waals surface area contributed by atoms with E-state index < -0.39 is 0 Å². The maximum atomic E-state index is 13.2. The predicted molar refractivity (Wildman–Crippen MR) is 132 cm³/mol. The number of carbonyl (C=O) groups excluding carboxylic acids is 2. The molecule has 7 heteroatoms. The van der Waals surface area contributed by atoms with Crippen molar-refractivity contribution in [3.8, 4) is 6.07 Å². The number of hydrogen-bond acceptors (Lipinski definition) is 5. The van der Waals surface area contributed by atoms with Crippen molar-refractivity contribution >= 4 is 50.8 Å². The van der Waals surface area contributed by atoms with E-state index in [1.165, 1.54) is 29.2 Å². The second-order valence-corrected chi connectivity index (χ2v) is 8.68. The number of anilines is 2. The van der Waals surface area contributed by atoms with E-state index in [0.29, 0.717) is 22.1 Å². The van der Waals surface area contributed by atoms with Crippen LogP contribution in [0.5, 0.6) is 0 Å². The van der Waals surface area contributed by atoms with Gasteiger partial charge in [0.25, 0.3) is 0 Å². The summed E-state index contributed by atoms with van der Waals surface area (Å²) >= 11 is 1.28. The number of para-hydroxylation sites is 1. The molecule has 0 radical (unpaired) electrons. The second-order valence-electron chi connectivity index (χ2n) is 7.85. The lowest BCUT2D eigenvalue weighted by atomic mass is 10.0. The van der Waals surface area contributed by atoms with E-state index in [0.717, 1.165) is 27.7 Å². The van der Waals surface area contributed by atoms with E-state index in [9.17, 15) is 14.9 Å². The minimum absolute atomic E-state index is 0.0136. The Balaban J connectivity index is 1.70. The number of benzene rings is 2. The summed E-state index contributed by atoms with van der Waals surface area (Å²) in [4.78, 5) is 34.9. The second kappa shape index (κ2) is 8.85. The number of nitrogens with one attached hydrogen (secondary N) is 1. The third-order valence-corrected chi connectivity index (χ3v) is 6.39. The number of thiazole rings is 1. The topological polar surface area (TPSA) is 89.8 Å². The highest BCUT2D eigenvalue weighted by molar-refractivity contribution is 7.14. The van der Waals surface area contributed by atoms with E-state index in [1.54, 1.807) is 5.38 Å². The number of Topliss-reactive ketones (excluding diaryl/α,β-unsaturated/α-hetero) is 1. The van der Waals surface area contributed by atoms with Gasteiger partial charge in [-0.15, -0.1) is 11.3 Å². The molecule has 0 atom stereocenters. The molecule has 0 aliphatic rings. The smallest absolute Gasteiger partial charge is 0.230 e. The highest BCUT2D eigenvalue weighted by Gasteiger charge is 2.21. The third-order valence-electron chi connectivity index (χ3n) is 5.54. The molecule has 0 spiro atoms. The average molecular weight is 455 g/mol. The van der Waals surface area contributed by atoms with Crippen LogP contribution in [0.25, 0.3) is 17.0 Å². The SMILES string of the molecule is CC(=O)N(c1ccc(C)c(C)c1)c1nc(/C=C(\C#N)C(=O)c2c(C)[nH]c3ccccc23)cs1. The lowest BCUT2D eigenvalue weighted by molar-refractivity contribution is -0.115. The van der Waals surface area contributed by atoms with Crippen LogP contribution in [0.2, 0.25) is 0 Å². The molecule has 164 valence electrons. The van der Waals surface area contributed by atoms with Crippen LogP contribution in [0, 0.1) is 32.1 Å². The molecule has 4 rings (SSSR count). The number of carbonyl (C=O) groups is 2. The highest BCUT2D eigenvalue weighted by Crippen LogP contribution is 2.31. The molecule has 0 unspecified atom stereocenters. The van der Waals surface area contributed by atoms with Gasteiger partial charge < -0.3 is 4.98 Å². The summed E-state index contributed by atoms with van der Waals surface area (Å²) in [5, 5.41) is 12.7. The molecule has 0 fully saturated rings. The fourth-order valence-corrected chi connectivity index (χ4v) is 4.58. The number of nitriles is 1.